The van der Waals surface area contributed by atoms with Gasteiger partial charge in [-0.15, -0.1) is 0 Å². The second kappa shape index (κ2) is 7.82. The van der Waals surface area contributed by atoms with E-state index in [0.29, 0.717) is 25.5 Å². The molecule has 0 spiro atoms. The third-order valence-electron chi connectivity index (χ3n) is 4.61. The number of ether oxygens (including phenoxy) is 2. The Hall–Kier alpha value is -3.19. The monoisotopic (exact) mass is 382 g/mol. The molecule has 0 atom stereocenters. The molecule has 1 fully saturated rings. The number of benzene rings is 2. The van der Waals surface area contributed by atoms with Crippen LogP contribution in [0.4, 0.5) is 4.39 Å². The number of nitrogens with zero attached hydrogens (tertiary/aromatic N) is 2. The molecule has 1 aromatic heterocycles. The van der Waals surface area contributed by atoms with Crippen LogP contribution in [0.3, 0.4) is 0 Å². The summed E-state index contributed by atoms with van der Waals surface area (Å²) in [7, 11) is 1.60. The lowest BCUT2D eigenvalue weighted by atomic mass is 10.1. The van der Waals surface area contributed by atoms with Gasteiger partial charge in [-0.25, -0.2) is 4.39 Å². The zero-order valence-electron chi connectivity index (χ0n) is 15.3. The van der Waals surface area contributed by atoms with Gasteiger partial charge in [-0.1, -0.05) is 17.3 Å². The van der Waals surface area contributed by atoms with Crippen molar-refractivity contribution in [1.82, 2.24) is 10.1 Å². The predicted octanol–water partition coefficient (Wildman–Crippen LogP) is 3.53. The number of rotatable bonds is 6. The van der Waals surface area contributed by atoms with Crippen LogP contribution < -0.4 is 4.74 Å². The number of likely N-dealkylation sites (tertiary alicyclic amines) is 1. The first-order valence-electron chi connectivity index (χ1n) is 8.89. The van der Waals surface area contributed by atoms with Gasteiger partial charge in [0.2, 0.25) is 0 Å². The van der Waals surface area contributed by atoms with Crippen molar-refractivity contribution in [3.05, 3.63) is 71.7 Å². The Labute approximate surface area is 161 Å². The van der Waals surface area contributed by atoms with E-state index in [2.05, 4.69) is 5.16 Å². The Morgan fingerprint density at radius 1 is 1.21 bits per heavy atom. The van der Waals surface area contributed by atoms with Crippen molar-refractivity contribution in [3.63, 3.8) is 0 Å². The number of halogens is 1. The molecule has 0 N–H and O–H groups in total. The third kappa shape index (κ3) is 3.89. The Kier molecular flexibility index (Phi) is 5.08. The fraction of sp³-hybridized carbons (Fsp3) is 0.238. The predicted molar refractivity (Wildman–Crippen MR) is 99.4 cm³/mol. The molecule has 28 heavy (non-hydrogen) atoms. The summed E-state index contributed by atoms with van der Waals surface area (Å²) < 4.78 is 29.3. The number of aromatic nitrogens is 1. The highest BCUT2D eigenvalue weighted by Gasteiger charge is 2.33. The Balaban J connectivity index is 1.30. The molecule has 3 aromatic rings. The molecule has 7 heteroatoms. The molecule has 6 nitrogen and oxygen atoms in total. The van der Waals surface area contributed by atoms with E-state index in [1.807, 2.05) is 24.3 Å². The smallest absolute Gasteiger partial charge is 0.276 e. The van der Waals surface area contributed by atoms with Crippen molar-refractivity contribution in [3.8, 4) is 17.1 Å². The first kappa shape index (κ1) is 18.2. The lowest BCUT2D eigenvalue weighted by Gasteiger charge is -2.38. The second-order valence-corrected chi connectivity index (χ2v) is 6.58. The van der Waals surface area contributed by atoms with E-state index in [1.54, 1.807) is 30.2 Å². The van der Waals surface area contributed by atoms with Crippen LogP contribution in [-0.4, -0.2) is 42.3 Å². The van der Waals surface area contributed by atoms with Crippen molar-refractivity contribution in [2.24, 2.45) is 0 Å². The summed E-state index contributed by atoms with van der Waals surface area (Å²) in [4.78, 5) is 14.2. The average Bonchev–Trinajstić information content (AvgIpc) is 3.17. The first-order chi connectivity index (χ1) is 13.6. The number of hydrogen-bond donors (Lipinski definition) is 0. The number of hydrogen-bond acceptors (Lipinski definition) is 5. The van der Waals surface area contributed by atoms with E-state index in [9.17, 15) is 9.18 Å². The zero-order chi connectivity index (χ0) is 19.5. The van der Waals surface area contributed by atoms with Crippen LogP contribution in [0.1, 0.15) is 16.1 Å². The summed E-state index contributed by atoms with van der Waals surface area (Å²) in [6.07, 6.45) is -0.0693. The molecule has 0 unspecified atom stereocenters. The molecular formula is C21H19FN2O4. The van der Waals surface area contributed by atoms with Crippen molar-refractivity contribution >= 4 is 5.91 Å². The summed E-state index contributed by atoms with van der Waals surface area (Å²) in [5.74, 6) is 0.772. The van der Waals surface area contributed by atoms with Crippen LogP contribution >= 0.6 is 0 Å². The van der Waals surface area contributed by atoms with E-state index in [4.69, 9.17) is 14.0 Å². The quantitative estimate of drug-likeness (QED) is 0.653. The topological polar surface area (TPSA) is 64.8 Å². The largest absolute Gasteiger partial charge is 0.497 e. The molecule has 1 amide bonds. The summed E-state index contributed by atoms with van der Waals surface area (Å²) in [6.45, 7) is 1.26. The number of carbonyl (C=O) groups excluding carboxylic acids is 1. The van der Waals surface area contributed by atoms with Gasteiger partial charge >= 0.3 is 0 Å². The maximum absolute atomic E-state index is 13.2. The van der Waals surface area contributed by atoms with E-state index in [0.717, 1.165) is 16.9 Å². The summed E-state index contributed by atoms with van der Waals surface area (Å²) in [6, 6.07) is 15.2. The van der Waals surface area contributed by atoms with Gasteiger partial charge in [-0.05, 0) is 42.0 Å². The number of methoxy groups -OCH3 is 1. The van der Waals surface area contributed by atoms with Crippen LogP contribution in [-0.2, 0) is 11.3 Å². The molecule has 1 aliphatic heterocycles. The summed E-state index contributed by atoms with van der Waals surface area (Å²) in [5, 5.41) is 3.89. The minimum atomic E-state index is -0.287. The van der Waals surface area contributed by atoms with Crippen LogP contribution in [0.25, 0.3) is 11.3 Å². The van der Waals surface area contributed by atoms with E-state index >= 15 is 0 Å². The van der Waals surface area contributed by atoms with Crippen molar-refractivity contribution in [1.29, 1.82) is 0 Å². The van der Waals surface area contributed by atoms with Gasteiger partial charge in [-0.2, -0.15) is 0 Å². The van der Waals surface area contributed by atoms with Crippen LogP contribution in [0.2, 0.25) is 0 Å². The number of carbonyl (C=O) groups is 1. The molecule has 0 radical (unpaired) electrons. The Bertz CT molecular complexity index is 965. The molecule has 0 saturated carbocycles. The van der Waals surface area contributed by atoms with Crippen LogP contribution in [0.15, 0.2) is 59.1 Å². The maximum atomic E-state index is 13.2. The van der Waals surface area contributed by atoms with Gasteiger partial charge in [0, 0.05) is 24.7 Å². The maximum Gasteiger partial charge on any atom is 0.276 e. The first-order valence-corrected chi connectivity index (χ1v) is 8.89. The summed E-state index contributed by atoms with van der Waals surface area (Å²) in [5.41, 5.74) is 1.84. The van der Waals surface area contributed by atoms with E-state index in [1.165, 1.54) is 12.1 Å². The van der Waals surface area contributed by atoms with Crippen molar-refractivity contribution in [2.45, 2.75) is 12.7 Å². The molecule has 144 valence electrons. The molecule has 0 aliphatic carbocycles. The van der Waals surface area contributed by atoms with E-state index in [-0.39, 0.29) is 23.5 Å². The molecule has 2 heterocycles. The van der Waals surface area contributed by atoms with Gasteiger partial charge in [0.25, 0.3) is 5.91 Å². The fourth-order valence-electron chi connectivity index (χ4n) is 2.98. The standard InChI is InChI=1S/C21H19FN2O4/c1-26-17-7-5-15(6-8-17)20-10-19(23-28-20)21(25)24-11-18(12-24)27-13-14-3-2-4-16(22)9-14/h2-10,18H,11-13H2,1H3. The zero-order valence-corrected chi connectivity index (χ0v) is 15.3. The van der Waals surface area contributed by atoms with Gasteiger partial charge in [0.1, 0.15) is 11.6 Å². The highest BCUT2D eigenvalue weighted by atomic mass is 19.1. The molecule has 0 bridgehead atoms. The summed E-state index contributed by atoms with van der Waals surface area (Å²) >= 11 is 0. The van der Waals surface area contributed by atoms with Gasteiger partial charge in [0.15, 0.2) is 11.5 Å². The van der Waals surface area contributed by atoms with Gasteiger partial charge in [-0.3, -0.25) is 4.79 Å². The second-order valence-electron chi connectivity index (χ2n) is 6.58. The highest BCUT2D eigenvalue weighted by Crippen LogP contribution is 2.24. The number of amides is 1. The minimum Gasteiger partial charge on any atom is -0.497 e. The normalized spacial score (nSPS) is 14.0. The van der Waals surface area contributed by atoms with Gasteiger partial charge < -0.3 is 18.9 Å². The molecule has 2 aromatic carbocycles. The molecule has 1 saturated heterocycles. The van der Waals surface area contributed by atoms with Crippen molar-refractivity contribution < 1.29 is 23.2 Å². The molecule has 4 rings (SSSR count). The SMILES string of the molecule is COc1ccc(-c2cc(C(=O)N3CC(OCc4cccc(F)c4)C3)no2)cc1. The third-order valence-corrected chi connectivity index (χ3v) is 4.61. The van der Waals surface area contributed by atoms with Crippen LogP contribution in [0.5, 0.6) is 5.75 Å². The Morgan fingerprint density at radius 2 is 2.00 bits per heavy atom. The molecular weight excluding hydrogens is 363 g/mol. The lowest BCUT2D eigenvalue weighted by Crippen LogP contribution is -2.54. The average molecular weight is 382 g/mol. The fourth-order valence-corrected chi connectivity index (χ4v) is 2.98. The molecule has 1 aliphatic rings. The van der Waals surface area contributed by atoms with E-state index < -0.39 is 0 Å². The van der Waals surface area contributed by atoms with Crippen LogP contribution in [0, 0.1) is 5.82 Å². The van der Waals surface area contributed by atoms with Gasteiger partial charge in [0.05, 0.1) is 19.8 Å². The minimum absolute atomic E-state index is 0.0693. The highest BCUT2D eigenvalue weighted by molar-refractivity contribution is 5.93. The Morgan fingerprint density at radius 3 is 2.71 bits per heavy atom. The lowest BCUT2D eigenvalue weighted by molar-refractivity contribution is -0.0506. The van der Waals surface area contributed by atoms with Crippen molar-refractivity contribution in [2.75, 3.05) is 20.2 Å².